The number of nitrogens with one attached hydrogen (secondary N) is 2. The number of nitrogens with zero attached hydrogens (tertiary/aromatic N) is 1. The molecule has 6 nitrogen and oxygen atoms in total. The summed E-state index contributed by atoms with van der Waals surface area (Å²) in [6.07, 6.45) is 4.93. The van der Waals surface area contributed by atoms with E-state index in [1.54, 1.807) is 12.1 Å². The second-order valence-corrected chi connectivity index (χ2v) is 5.22. The summed E-state index contributed by atoms with van der Waals surface area (Å²) >= 11 is 0. The molecule has 0 atom stereocenters. The van der Waals surface area contributed by atoms with Crippen LogP contribution in [0.4, 0.5) is 0 Å². The molecule has 0 aliphatic carbocycles. The van der Waals surface area contributed by atoms with Gasteiger partial charge in [-0.15, -0.1) is 0 Å². The molecular formula is C18H15N3O3. The molecule has 2 heterocycles. The highest BCUT2D eigenvalue weighted by molar-refractivity contribution is 5.43. The van der Waals surface area contributed by atoms with E-state index in [9.17, 15) is 14.7 Å². The highest BCUT2D eigenvalue weighted by Crippen LogP contribution is 2.05. The fourth-order valence-electron chi connectivity index (χ4n) is 2.20. The zero-order valence-corrected chi connectivity index (χ0v) is 12.7. The number of aromatic hydroxyl groups is 1. The zero-order chi connectivity index (χ0) is 16.9. The first kappa shape index (κ1) is 15.5. The van der Waals surface area contributed by atoms with Gasteiger partial charge in [-0.1, -0.05) is 36.4 Å². The van der Waals surface area contributed by atoms with Gasteiger partial charge in [0.15, 0.2) is 0 Å². The van der Waals surface area contributed by atoms with Gasteiger partial charge in [0.1, 0.15) is 16.4 Å². The first-order valence-electron chi connectivity index (χ1n) is 7.35. The minimum Gasteiger partial charge on any atom is -0.506 e. The van der Waals surface area contributed by atoms with Gasteiger partial charge < -0.3 is 15.1 Å². The quantitative estimate of drug-likeness (QED) is 0.633. The van der Waals surface area contributed by atoms with Gasteiger partial charge in [-0.3, -0.25) is 14.6 Å². The first-order valence-corrected chi connectivity index (χ1v) is 7.35. The molecular weight excluding hydrogens is 306 g/mol. The summed E-state index contributed by atoms with van der Waals surface area (Å²) in [6, 6.07) is 12.6. The topological polar surface area (TPSA) is 98.8 Å². The van der Waals surface area contributed by atoms with Crippen molar-refractivity contribution in [1.29, 1.82) is 0 Å². The molecule has 6 heteroatoms. The molecule has 0 saturated heterocycles. The third kappa shape index (κ3) is 3.67. The largest absolute Gasteiger partial charge is 0.506 e. The average molecular weight is 321 g/mol. The number of aromatic amines is 2. The lowest BCUT2D eigenvalue weighted by molar-refractivity contribution is 0.472. The van der Waals surface area contributed by atoms with Crippen LogP contribution in [0.3, 0.4) is 0 Å². The summed E-state index contributed by atoms with van der Waals surface area (Å²) < 4.78 is 0. The Hall–Kier alpha value is -3.41. The lowest BCUT2D eigenvalue weighted by Gasteiger charge is -1.95. The summed E-state index contributed by atoms with van der Waals surface area (Å²) in [5.74, 6) is 0.0282. The number of benzene rings is 1. The standard InChI is InChI=1S/C18H15N3O3/c22-14-8-7-13(19-11-14)10-16-18(24)20-15(17(23)21-16)9-6-12-4-2-1-3-5-12/h1-5,7-11,22H,6H2,(H,20,24)(H,21,23)/b15-9-,16-10+. The van der Waals surface area contributed by atoms with Crippen molar-refractivity contribution in [1.82, 2.24) is 15.0 Å². The molecule has 1 aromatic carbocycles. The van der Waals surface area contributed by atoms with Crippen molar-refractivity contribution < 1.29 is 5.11 Å². The van der Waals surface area contributed by atoms with Crippen LogP contribution in [-0.2, 0) is 6.42 Å². The summed E-state index contributed by atoms with van der Waals surface area (Å²) in [6.45, 7) is 0. The summed E-state index contributed by atoms with van der Waals surface area (Å²) in [4.78, 5) is 33.3. The highest BCUT2D eigenvalue weighted by atomic mass is 16.3. The maximum atomic E-state index is 12.1. The molecule has 0 aliphatic heterocycles. The number of H-pyrrole nitrogens is 2. The normalized spacial score (nSPS) is 12.5. The fourth-order valence-corrected chi connectivity index (χ4v) is 2.20. The Morgan fingerprint density at radius 3 is 2.38 bits per heavy atom. The van der Waals surface area contributed by atoms with Gasteiger partial charge in [0.05, 0.1) is 11.9 Å². The van der Waals surface area contributed by atoms with E-state index >= 15 is 0 Å². The predicted molar refractivity (Wildman–Crippen MR) is 91.0 cm³/mol. The van der Waals surface area contributed by atoms with Crippen LogP contribution in [0.15, 0.2) is 58.3 Å². The fraction of sp³-hybridized carbons (Fsp3) is 0.0556. The second-order valence-electron chi connectivity index (χ2n) is 5.22. The van der Waals surface area contributed by atoms with E-state index in [4.69, 9.17) is 0 Å². The van der Waals surface area contributed by atoms with Gasteiger partial charge in [0.2, 0.25) is 0 Å². The average Bonchev–Trinajstić information content (AvgIpc) is 2.59. The molecule has 0 unspecified atom stereocenters. The van der Waals surface area contributed by atoms with E-state index in [0.29, 0.717) is 12.1 Å². The number of hydrogen-bond donors (Lipinski definition) is 3. The van der Waals surface area contributed by atoms with Crippen molar-refractivity contribution in [2.75, 3.05) is 0 Å². The number of aromatic nitrogens is 3. The molecule has 0 spiro atoms. The van der Waals surface area contributed by atoms with Crippen LogP contribution in [0.2, 0.25) is 0 Å². The Balaban J connectivity index is 1.99. The molecule has 3 aromatic rings. The van der Waals surface area contributed by atoms with E-state index in [-0.39, 0.29) is 22.0 Å². The van der Waals surface area contributed by atoms with Gasteiger partial charge in [0, 0.05) is 0 Å². The molecule has 2 aromatic heterocycles. The maximum absolute atomic E-state index is 12.1. The van der Waals surface area contributed by atoms with Gasteiger partial charge in [0.25, 0.3) is 11.1 Å². The molecule has 24 heavy (non-hydrogen) atoms. The molecule has 0 amide bonds. The van der Waals surface area contributed by atoms with Crippen LogP contribution < -0.4 is 21.8 Å². The van der Waals surface area contributed by atoms with Crippen LogP contribution in [0.1, 0.15) is 11.3 Å². The lowest BCUT2D eigenvalue weighted by Crippen LogP contribution is -2.46. The third-order valence-corrected chi connectivity index (χ3v) is 3.43. The van der Waals surface area contributed by atoms with E-state index in [1.165, 1.54) is 18.3 Å². The Morgan fingerprint density at radius 2 is 1.67 bits per heavy atom. The van der Waals surface area contributed by atoms with Gasteiger partial charge in [-0.25, -0.2) is 0 Å². The third-order valence-electron chi connectivity index (χ3n) is 3.43. The van der Waals surface area contributed by atoms with Crippen molar-refractivity contribution in [3.05, 3.63) is 91.3 Å². The van der Waals surface area contributed by atoms with Gasteiger partial charge >= 0.3 is 0 Å². The van der Waals surface area contributed by atoms with Crippen molar-refractivity contribution >= 4 is 12.2 Å². The zero-order valence-electron chi connectivity index (χ0n) is 12.7. The summed E-state index contributed by atoms with van der Waals surface area (Å²) in [5.41, 5.74) is 0.705. The Labute approximate surface area is 136 Å². The van der Waals surface area contributed by atoms with E-state index in [0.717, 1.165) is 5.56 Å². The Kier molecular flexibility index (Phi) is 4.38. The van der Waals surface area contributed by atoms with Crippen LogP contribution in [0, 0.1) is 0 Å². The maximum Gasteiger partial charge on any atom is 0.272 e. The van der Waals surface area contributed by atoms with Crippen LogP contribution in [0.25, 0.3) is 12.2 Å². The Bertz CT molecular complexity index is 1070. The summed E-state index contributed by atoms with van der Waals surface area (Å²) in [5, 5.41) is 9.53. The molecule has 120 valence electrons. The summed E-state index contributed by atoms with van der Waals surface area (Å²) in [7, 11) is 0. The molecule has 0 saturated carbocycles. The van der Waals surface area contributed by atoms with E-state index in [2.05, 4.69) is 15.0 Å². The highest BCUT2D eigenvalue weighted by Gasteiger charge is 1.97. The van der Waals surface area contributed by atoms with E-state index in [1.807, 2.05) is 30.3 Å². The van der Waals surface area contributed by atoms with Crippen LogP contribution in [0.5, 0.6) is 5.75 Å². The predicted octanol–water partition coefficient (Wildman–Crippen LogP) is 0.0158. The van der Waals surface area contributed by atoms with Gasteiger partial charge in [-0.05, 0) is 30.2 Å². The smallest absolute Gasteiger partial charge is 0.272 e. The van der Waals surface area contributed by atoms with Crippen molar-refractivity contribution in [2.24, 2.45) is 0 Å². The molecule has 0 bridgehead atoms. The number of rotatable bonds is 3. The Morgan fingerprint density at radius 1 is 0.958 bits per heavy atom. The van der Waals surface area contributed by atoms with Crippen molar-refractivity contribution in [2.45, 2.75) is 6.42 Å². The molecule has 0 aliphatic rings. The molecule has 0 radical (unpaired) electrons. The molecule has 3 N–H and O–H groups in total. The second kappa shape index (κ2) is 6.78. The van der Waals surface area contributed by atoms with Gasteiger partial charge in [-0.2, -0.15) is 0 Å². The van der Waals surface area contributed by atoms with Crippen molar-refractivity contribution in [3.8, 4) is 5.75 Å². The SMILES string of the molecule is O=c1[nH]/c(=C/c2ccc(O)cn2)c(=O)[nH]/c1=C\Cc1ccccc1. The monoisotopic (exact) mass is 321 g/mol. The van der Waals surface area contributed by atoms with Crippen molar-refractivity contribution in [3.63, 3.8) is 0 Å². The minimum atomic E-state index is -0.413. The van der Waals surface area contributed by atoms with E-state index < -0.39 is 5.56 Å². The molecule has 3 rings (SSSR count). The first-order chi connectivity index (χ1) is 11.6. The molecule has 0 fully saturated rings. The van der Waals surface area contributed by atoms with Crippen LogP contribution >= 0.6 is 0 Å². The number of pyridine rings is 1. The number of hydrogen-bond acceptors (Lipinski definition) is 4. The minimum absolute atomic E-state index is 0.0282. The lowest BCUT2D eigenvalue weighted by atomic mass is 10.1. The van der Waals surface area contributed by atoms with Crippen LogP contribution in [-0.4, -0.2) is 20.1 Å².